The van der Waals surface area contributed by atoms with Gasteiger partial charge in [-0.15, -0.1) is 0 Å². The van der Waals surface area contributed by atoms with Crippen LogP contribution in [-0.4, -0.2) is 40.8 Å². The topological polar surface area (TPSA) is 55.2 Å². The van der Waals surface area contributed by atoms with E-state index in [9.17, 15) is 12.8 Å². The number of rotatable bonds is 5. The number of aryl methyl sites for hydroxylation is 1. The normalized spacial score (nSPS) is 30.2. The number of halogens is 1. The summed E-state index contributed by atoms with van der Waals surface area (Å²) >= 11 is 0. The molecule has 4 aliphatic rings. The van der Waals surface area contributed by atoms with Crippen molar-refractivity contribution in [2.45, 2.75) is 36.9 Å². The Bertz CT molecular complexity index is 1500. The van der Waals surface area contributed by atoms with Crippen molar-refractivity contribution in [3.63, 3.8) is 0 Å². The van der Waals surface area contributed by atoms with Gasteiger partial charge >= 0.3 is 0 Å². The number of piperidine rings is 1. The maximum absolute atomic E-state index is 13.5. The molecule has 3 aromatic rings. The van der Waals surface area contributed by atoms with Gasteiger partial charge in [0.1, 0.15) is 5.82 Å². The quantitative estimate of drug-likeness (QED) is 0.512. The number of hydrogen-bond acceptors (Lipinski definition) is 3. The highest BCUT2D eigenvalue weighted by atomic mass is 32.2. The average Bonchev–Trinajstić information content (AvgIpc) is 3.74. The molecule has 3 aliphatic carbocycles. The van der Waals surface area contributed by atoms with E-state index in [-0.39, 0.29) is 16.5 Å². The molecule has 0 bridgehead atoms. The predicted octanol–water partition coefficient (Wildman–Crippen LogP) is 4.90. The zero-order valence-electron chi connectivity index (χ0n) is 19.6. The molecule has 5 nitrogen and oxygen atoms in total. The van der Waals surface area contributed by atoms with Crippen LogP contribution < -0.4 is 0 Å². The molecule has 2 heterocycles. The fourth-order valence-corrected chi connectivity index (χ4v) is 8.79. The number of hydrogen-bond donors (Lipinski definition) is 0. The smallest absolute Gasteiger partial charge is 0.217 e. The Labute approximate surface area is 205 Å². The Balaban J connectivity index is 1.31. The van der Waals surface area contributed by atoms with Gasteiger partial charge in [-0.3, -0.25) is 0 Å². The van der Waals surface area contributed by atoms with Crippen molar-refractivity contribution in [1.82, 2.24) is 14.1 Å². The van der Waals surface area contributed by atoms with Crippen molar-refractivity contribution in [1.29, 1.82) is 0 Å². The lowest BCUT2D eigenvalue weighted by Gasteiger charge is -2.28. The van der Waals surface area contributed by atoms with E-state index in [1.165, 1.54) is 17.7 Å². The fraction of sp³-hybridized carbons (Fsp3) is 0.393. The van der Waals surface area contributed by atoms with Crippen molar-refractivity contribution in [3.8, 4) is 5.69 Å². The van der Waals surface area contributed by atoms with Crippen LogP contribution >= 0.6 is 0 Å². The van der Waals surface area contributed by atoms with Crippen molar-refractivity contribution >= 4 is 20.9 Å². The highest BCUT2D eigenvalue weighted by molar-refractivity contribution is 7.90. The number of sulfonamides is 1. The van der Waals surface area contributed by atoms with Gasteiger partial charge in [0.15, 0.2) is 0 Å². The lowest BCUT2D eigenvalue weighted by Crippen LogP contribution is -2.38. The van der Waals surface area contributed by atoms with E-state index in [0.29, 0.717) is 30.8 Å². The SMILES string of the molecule is Cc1cc2c(cnn2-c2ccc(F)cc2)cc1[C@@]12CN(S(=O)(=O)C3CC3)C[C@@H]1[C@H]2C1C=CC=CC1. The second-order valence-corrected chi connectivity index (χ2v) is 12.9. The molecule has 1 saturated heterocycles. The Morgan fingerprint density at radius 2 is 1.91 bits per heavy atom. The first-order valence-corrected chi connectivity index (χ1v) is 14.0. The summed E-state index contributed by atoms with van der Waals surface area (Å²) in [5.74, 6) is 0.943. The lowest BCUT2D eigenvalue weighted by molar-refractivity contribution is 0.360. The molecule has 2 saturated carbocycles. The Hall–Kier alpha value is -2.77. The molecule has 2 aromatic carbocycles. The Kier molecular flexibility index (Phi) is 4.53. The molecule has 35 heavy (non-hydrogen) atoms. The van der Waals surface area contributed by atoms with Gasteiger partial charge < -0.3 is 0 Å². The lowest BCUT2D eigenvalue weighted by atomic mass is 9.83. The highest BCUT2D eigenvalue weighted by Crippen LogP contribution is 2.69. The van der Waals surface area contributed by atoms with Crippen LogP contribution in [0.4, 0.5) is 4.39 Å². The van der Waals surface area contributed by atoms with Gasteiger partial charge in [0, 0.05) is 23.9 Å². The van der Waals surface area contributed by atoms with Gasteiger partial charge in [-0.2, -0.15) is 5.10 Å². The zero-order valence-corrected chi connectivity index (χ0v) is 20.5. The molecule has 4 atom stereocenters. The van der Waals surface area contributed by atoms with Crippen molar-refractivity contribution in [2.24, 2.45) is 17.8 Å². The van der Waals surface area contributed by atoms with Crippen molar-refractivity contribution in [3.05, 3.63) is 83.8 Å². The first kappa shape index (κ1) is 21.5. The molecule has 3 fully saturated rings. The summed E-state index contributed by atoms with van der Waals surface area (Å²) in [5.41, 5.74) is 4.06. The van der Waals surface area contributed by atoms with Crippen LogP contribution in [0.1, 0.15) is 30.4 Å². The predicted molar refractivity (Wildman–Crippen MR) is 134 cm³/mol. The summed E-state index contributed by atoms with van der Waals surface area (Å²) in [5, 5.41) is 5.45. The zero-order chi connectivity index (χ0) is 23.9. The van der Waals surface area contributed by atoms with Crippen LogP contribution in [0.25, 0.3) is 16.6 Å². The van der Waals surface area contributed by atoms with Gasteiger partial charge in [0.25, 0.3) is 0 Å². The summed E-state index contributed by atoms with van der Waals surface area (Å²) in [7, 11) is -3.20. The maximum Gasteiger partial charge on any atom is 0.217 e. The summed E-state index contributed by atoms with van der Waals surface area (Å²) in [6.45, 7) is 3.34. The van der Waals surface area contributed by atoms with Gasteiger partial charge in [-0.25, -0.2) is 21.8 Å². The molecule has 0 radical (unpaired) electrons. The van der Waals surface area contributed by atoms with Crippen LogP contribution in [0.5, 0.6) is 0 Å². The van der Waals surface area contributed by atoms with Crippen LogP contribution in [0.15, 0.2) is 66.9 Å². The molecule has 1 aliphatic heterocycles. The monoisotopic (exact) mass is 489 g/mol. The third-order valence-electron chi connectivity index (χ3n) is 8.69. The van der Waals surface area contributed by atoms with E-state index in [2.05, 4.69) is 48.5 Å². The highest BCUT2D eigenvalue weighted by Gasteiger charge is 2.72. The van der Waals surface area contributed by atoms with Crippen LogP contribution in [-0.2, 0) is 15.4 Å². The molecule has 7 rings (SSSR count). The van der Waals surface area contributed by atoms with Gasteiger partial charge in [0.05, 0.1) is 22.7 Å². The minimum absolute atomic E-state index is 0.154. The minimum atomic E-state index is -3.20. The molecule has 0 amide bonds. The third-order valence-corrected chi connectivity index (χ3v) is 11.0. The summed E-state index contributed by atoms with van der Waals surface area (Å²) in [6.07, 6.45) is 13.2. The van der Waals surface area contributed by atoms with Crippen molar-refractivity contribution < 1.29 is 12.8 Å². The second kappa shape index (κ2) is 7.37. The number of aromatic nitrogens is 2. The van der Waals surface area contributed by atoms with Crippen LogP contribution in [0, 0.1) is 30.5 Å². The summed E-state index contributed by atoms with van der Waals surface area (Å²) in [4.78, 5) is 0. The first-order chi connectivity index (χ1) is 16.9. The molecule has 0 spiro atoms. The number of fused-ring (bicyclic) bond motifs is 2. The van der Waals surface area contributed by atoms with E-state index in [1.54, 1.807) is 16.4 Å². The molecular weight excluding hydrogens is 461 g/mol. The average molecular weight is 490 g/mol. The molecular formula is C28H28FN3O2S. The van der Waals surface area contributed by atoms with Gasteiger partial charge in [0.2, 0.25) is 10.0 Å². The third kappa shape index (κ3) is 3.14. The summed E-state index contributed by atoms with van der Waals surface area (Å²) in [6, 6.07) is 10.8. The molecule has 1 unspecified atom stereocenters. The standard InChI is InChI=1S/C28H28FN3O2S/c1-18-13-26-20(15-30-32(26)22-9-7-21(29)8-10-22)14-24(18)28-17-31(35(33,34)23-11-12-23)16-25(28)27(28)19-5-3-2-4-6-19/h2-5,7-10,13-15,19,23,25,27H,6,11-12,16-17H2,1H3/t19?,25-,27-,28+/m1/s1. The number of allylic oxidation sites excluding steroid dienone is 4. The number of nitrogens with zero attached hydrogens (tertiary/aromatic N) is 3. The fourth-order valence-electron chi connectivity index (χ4n) is 6.87. The first-order valence-electron chi connectivity index (χ1n) is 12.5. The van der Waals surface area contributed by atoms with E-state index >= 15 is 0 Å². The molecule has 0 N–H and O–H groups in total. The maximum atomic E-state index is 13.5. The van der Waals surface area contributed by atoms with Crippen LogP contribution in [0.3, 0.4) is 0 Å². The minimum Gasteiger partial charge on any atom is -0.233 e. The van der Waals surface area contributed by atoms with Gasteiger partial charge in [-0.1, -0.05) is 24.3 Å². The van der Waals surface area contributed by atoms with Crippen LogP contribution in [0.2, 0.25) is 0 Å². The van der Waals surface area contributed by atoms with E-state index in [1.807, 2.05) is 10.9 Å². The van der Waals surface area contributed by atoms with E-state index < -0.39 is 10.0 Å². The second-order valence-electron chi connectivity index (χ2n) is 10.7. The Morgan fingerprint density at radius 1 is 1.11 bits per heavy atom. The van der Waals surface area contributed by atoms with E-state index in [0.717, 1.165) is 41.4 Å². The largest absolute Gasteiger partial charge is 0.233 e. The molecule has 7 heteroatoms. The van der Waals surface area contributed by atoms with E-state index in [4.69, 9.17) is 0 Å². The summed E-state index contributed by atoms with van der Waals surface area (Å²) < 4.78 is 43.4. The van der Waals surface area contributed by atoms with Crippen molar-refractivity contribution in [2.75, 3.05) is 13.1 Å². The number of benzene rings is 2. The molecule has 180 valence electrons. The Morgan fingerprint density at radius 3 is 2.63 bits per heavy atom. The van der Waals surface area contributed by atoms with Gasteiger partial charge in [-0.05, 0) is 91.5 Å². The molecule has 1 aromatic heterocycles.